The molecule has 5 heteroatoms. The van der Waals surface area contributed by atoms with Crippen LogP contribution < -0.4 is 5.32 Å². The number of hydrogen-bond donors (Lipinski definition) is 1. The highest BCUT2D eigenvalue weighted by Crippen LogP contribution is 2.21. The highest BCUT2D eigenvalue weighted by Gasteiger charge is 2.07. The van der Waals surface area contributed by atoms with Crippen molar-refractivity contribution in [2.45, 2.75) is 33.7 Å². The molecule has 2 aromatic rings. The molecule has 2 rings (SSSR count). The minimum Gasteiger partial charge on any atom is -0.363 e. The average molecular weight is 282 g/mol. The molecule has 0 aliphatic carbocycles. The highest BCUT2D eigenvalue weighted by atomic mass is 35.5. The Kier molecular flexibility index (Phi) is 4.19. The van der Waals surface area contributed by atoms with Crippen LogP contribution in [0.15, 0.2) is 12.1 Å². The van der Waals surface area contributed by atoms with Crippen molar-refractivity contribution in [1.82, 2.24) is 9.97 Å². The van der Waals surface area contributed by atoms with Crippen molar-refractivity contribution in [3.63, 3.8) is 0 Å². The molecule has 0 aliphatic rings. The summed E-state index contributed by atoms with van der Waals surface area (Å²) in [4.78, 5) is 11.3. The number of aryl methyl sites for hydroxylation is 3. The van der Waals surface area contributed by atoms with Crippen molar-refractivity contribution < 1.29 is 0 Å². The zero-order valence-electron chi connectivity index (χ0n) is 10.7. The number of rotatable bonds is 4. The van der Waals surface area contributed by atoms with E-state index in [-0.39, 0.29) is 0 Å². The van der Waals surface area contributed by atoms with Crippen LogP contribution in [-0.4, -0.2) is 9.97 Å². The second-order valence-corrected chi connectivity index (χ2v) is 5.72. The molecule has 0 bridgehead atoms. The van der Waals surface area contributed by atoms with Gasteiger partial charge in [-0.3, -0.25) is 0 Å². The van der Waals surface area contributed by atoms with E-state index in [1.54, 1.807) is 0 Å². The number of nitrogens with zero attached hydrogens (tertiary/aromatic N) is 2. The molecule has 0 unspecified atom stereocenters. The van der Waals surface area contributed by atoms with Crippen molar-refractivity contribution in [2.24, 2.45) is 0 Å². The molecule has 2 heterocycles. The lowest BCUT2D eigenvalue weighted by atomic mass is 10.3. The molecular weight excluding hydrogens is 266 g/mol. The monoisotopic (exact) mass is 281 g/mol. The minimum absolute atomic E-state index is 0.436. The first kappa shape index (κ1) is 13.3. The molecule has 0 amide bonds. The van der Waals surface area contributed by atoms with Crippen LogP contribution in [0.5, 0.6) is 0 Å². The summed E-state index contributed by atoms with van der Waals surface area (Å²) in [7, 11) is 0. The Bertz CT molecular complexity index is 551. The van der Waals surface area contributed by atoms with Gasteiger partial charge >= 0.3 is 0 Å². The van der Waals surface area contributed by atoms with Gasteiger partial charge < -0.3 is 5.32 Å². The van der Waals surface area contributed by atoms with E-state index in [1.165, 1.54) is 9.75 Å². The molecule has 0 aliphatic heterocycles. The van der Waals surface area contributed by atoms with Crippen LogP contribution >= 0.6 is 22.9 Å². The van der Waals surface area contributed by atoms with Gasteiger partial charge in [0, 0.05) is 9.75 Å². The SMILES string of the molecule is CCc1ccc(CNc2nc(C)c(C)nc2Cl)s1. The largest absolute Gasteiger partial charge is 0.363 e. The predicted octanol–water partition coefficient (Wildman–Crippen LogP) is 3.98. The Balaban J connectivity index is 2.08. The molecule has 96 valence electrons. The Morgan fingerprint density at radius 1 is 1.17 bits per heavy atom. The van der Waals surface area contributed by atoms with Crippen LogP contribution in [0.3, 0.4) is 0 Å². The van der Waals surface area contributed by atoms with Gasteiger partial charge in [-0.05, 0) is 32.4 Å². The summed E-state index contributed by atoms with van der Waals surface area (Å²) in [6, 6.07) is 4.30. The predicted molar refractivity (Wildman–Crippen MR) is 77.5 cm³/mol. The average Bonchev–Trinajstić information content (AvgIpc) is 2.80. The Labute approximate surface area is 116 Å². The fourth-order valence-corrected chi connectivity index (χ4v) is 2.70. The topological polar surface area (TPSA) is 37.8 Å². The van der Waals surface area contributed by atoms with Crippen molar-refractivity contribution in [1.29, 1.82) is 0 Å². The lowest BCUT2D eigenvalue weighted by Crippen LogP contribution is -2.04. The number of hydrogen-bond acceptors (Lipinski definition) is 4. The Morgan fingerprint density at radius 3 is 2.50 bits per heavy atom. The summed E-state index contributed by atoms with van der Waals surface area (Å²) in [6.07, 6.45) is 1.08. The van der Waals surface area contributed by atoms with Crippen molar-refractivity contribution >= 4 is 28.8 Å². The smallest absolute Gasteiger partial charge is 0.171 e. The van der Waals surface area contributed by atoms with Gasteiger partial charge in [0.15, 0.2) is 11.0 Å². The first-order valence-electron chi connectivity index (χ1n) is 5.92. The Morgan fingerprint density at radius 2 is 1.83 bits per heavy atom. The van der Waals surface area contributed by atoms with Crippen molar-refractivity contribution in [3.05, 3.63) is 38.4 Å². The first-order valence-corrected chi connectivity index (χ1v) is 7.11. The quantitative estimate of drug-likeness (QED) is 0.921. The van der Waals surface area contributed by atoms with Crippen LogP contribution in [0.1, 0.15) is 28.1 Å². The van der Waals surface area contributed by atoms with E-state index in [2.05, 4.69) is 34.3 Å². The second-order valence-electron chi connectivity index (χ2n) is 4.11. The standard InChI is InChI=1S/C13H16ClN3S/c1-4-10-5-6-11(18-10)7-15-13-12(14)16-8(2)9(3)17-13/h5-6H,4,7H2,1-3H3,(H,15,17). The van der Waals surface area contributed by atoms with E-state index in [0.29, 0.717) is 11.0 Å². The molecule has 1 N–H and O–H groups in total. The van der Waals surface area contributed by atoms with Crippen LogP contribution in [0.25, 0.3) is 0 Å². The third-order valence-electron chi connectivity index (χ3n) is 2.76. The summed E-state index contributed by atoms with van der Waals surface area (Å²) < 4.78 is 0. The number of thiophene rings is 1. The fourth-order valence-electron chi connectivity index (χ4n) is 1.57. The maximum atomic E-state index is 6.07. The maximum absolute atomic E-state index is 6.07. The van der Waals surface area contributed by atoms with Gasteiger partial charge in [0.05, 0.1) is 17.9 Å². The first-order chi connectivity index (χ1) is 8.60. The van der Waals surface area contributed by atoms with Crippen LogP contribution in [0, 0.1) is 13.8 Å². The Hall–Kier alpha value is -1.13. The fraction of sp³-hybridized carbons (Fsp3) is 0.385. The molecule has 3 nitrogen and oxygen atoms in total. The zero-order chi connectivity index (χ0) is 13.1. The van der Waals surface area contributed by atoms with Gasteiger partial charge in [0.1, 0.15) is 0 Å². The zero-order valence-corrected chi connectivity index (χ0v) is 12.3. The molecular formula is C13H16ClN3S. The van der Waals surface area contributed by atoms with Crippen LogP contribution in [0.2, 0.25) is 5.15 Å². The van der Waals surface area contributed by atoms with Gasteiger partial charge in [-0.25, -0.2) is 9.97 Å². The van der Waals surface area contributed by atoms with E-state index in [0.717, 1.165) is 24.4 Å². The molecule has 0 radical (unpaired) electrons. The molecule has 0 fully saturated rings. The summed E-state index contributed by atoms with van der Waals surface area (Å²) >= 11 is 7.88. The summed E-state index contributed by atoms with van der Waals surface area (Å²) in [5.41, 5.74) is 1.78. The number of aromatic nitrogens is 2. The molecule has 18 heavy (non-hydrogen) atoms. The summed E-state index contributed by atoms with van der Waals surface area (Å²) in [5, 5.41) is 3.68. The summed E-state index contributed by atoms with van der Waals surface area (Å²) in [5.74, 6) is 0.659. The molecule has 0 atom stereocenters. The minimum atomic E-state index is 0.436. The number of anilines is 1. The maximum Gasteiger partial charge on any atom is 0.171 e. The van der Waals surface area contributed by atoms with Gasteiger partial charge in [0.2, 0.25) is 0 Å². The summed E-state index contributed by atoms with van der Waals surface area (Å²) in [6.45, 7) is 6.74. The molecule has 0 aromatic carbocycles. The van der Waals surface area contributed by atoms with E-state index in [9.17, 15) is 0 Å². The lowest BCUT2D eigenvalue weighted by molar-refractivity contribution is 1.02. The van der Waals surface area contributed by atoms with Crippen LogP contribution in [-0.2, 0) is 13.0 Å². The normalized spacial score (nSPS) is 10.7. The van der Waals surface area contributed by atoms with Crippen LogP contribution in [0.4, 0.5) is 5.82 Å². The van der Waals surface area contributed by atoms with Gasteiger partial charge in [-0.15, -0.1) is 11.3 Å². The van der Waals surface area contributed by atoms with E-state index >= 15 is 0 Å². The van der Waals surface area contributed by atoms with Gasteiger partial charge in [-0.1, -0.05) is 18.5 Å². The van der Waals surface area contributed by atoms with Crippen molar-refractivity contribution in [3.8, 4) is 0 Å². The third kappa shape index (κ3) is 3.00. The number of nitrogens with one attached hydrogen (secondary N) is 1. The second kappa shape index (κ2) is 5.67. The van der Waals surface area contributed by atoms with Gasteiger partial charge in [0.25, 0.3) is 0 Å². The molecule has 0 saturated heterocycles. The van der Waals surface area contributed by atoms with E-state index < -0.39 is 0 Å². The molecule has 2 aromatic heterocycles. The lowest BCUT2D eigenvalue weighted by Gasteiger charge is -2.08. The van der Waals surface area contributed by atoms with E-state index in [1.807, 2.05) is 25.2 Å². The molecule has 0 saturated carbocycles. The van der Waals surface area contributed by atoms with Crippen molar-refractivity contribution in [2.75, 3.05) is 5.32 Å². The number of halogens is 1. The van der Waals surface area contributed by atoms with Gasteiger partial charge in [-0.2, -0.15) is 0 Å². The molecule has 0 spiro atoms. The van der Waals surface area contributed by atoms with E-state index in [4.69, 9.17) is 11.6 Å². The third-order valence-corrected chi connectivity index (χ3v) is 4.25. The highest BCUT2D eigenvalue weighted by molar-refractivity contribution is 7.12.